The van der Waals surface area contributed by atoms with E-state index in [1.54, 1.807) is 12.1 Å². The van der Waals surface area contributed by atoms with E-state index in [1.807, 2.05) is 36.4 Å². The number of hydrogen-bond acceptors (Lipinski definition) is 2. The maximum absolute atomic E-state index is 9.95. The van der Waals surface area contributed by atoms with E-state index < -0.39 is 0 Å². The number of phenolic OH excluding ortho intramolecular Hbond substituents is 1. The van der Waals surface area contributed by atoms with Gasteiger partial charge in [0.15, 0.2) is 0 Å². The van der Waals surface area contributed by atoms with Gasteiger partial charge in [-0.25, -0.2) is 0 Å². The molecule has 0 aromatic heterocycles. The molecule has 0 aliphatic carbocycles. The van der Waals surface area contributed by atoms with Crippen molar-refractivity contribution in [2.75, 3.05) is 0 Å². The first-order valence-corrected chi connectivity index (χ1v) is 7.08. The molecule has 110 valence electrons. The third-order valence-electron chi connectivity index (χ3n) is 3.40. The summed E-state index contributed by atoms with van der Waals surface area (Å²) in [5.41, 5.74) is 2.97. The van der Waals surface area contributed by atoms with Gasteiger partial charge >= 0.3 is 0 Å². The van der Waals surface area contributed by atoms with Crippen LogP contribution in [0, 0.1) is 0 Å². The van der Waals surface area contributed by atoms with Gasteiger partial charge in [-0.15, -0.1) is 0 Å². The molecule has 2 nitrogen and oxygen atoms in total. The maximum Gasteiger partial charge on any atom is 0.120 e. The lowest BCUT2D eigenvalue weighted by Crippen LogP contribution is -2.11. The van der Waals surface area contributed by atoms with Crippen molar-refractivity contribution in [2.45, 2.75) is 32.8 Å². The lowest BCUT2D eigenvalue weighted by Gasteiger charge is -2.21. The molecular weight excluding hydrogens is 260 g/mol. The standard InChI is InChI=1S/C19H22O2/c1-5-14-6-8-15(9-7-14)13-21-16-10-11-18(20)17(12-16)19(2,3)4/h5-12,20H,1,13H2,2-4H3. The summed E-state index contributed by atoms with van der Waals surface area (Å²) in [6.45, 7) is 10.5. The molecule has 0 amide bonds. The van der Waals surface area contributed by atoms with Crippen molar-refractivity contribution in [1.29, 1.82) is 0 Å². The molecule has 2 rings (SSSR count). The Kier molecular flexibility index (Phi) is 4.37. The van der Waals surface area contributed by atoms with Gasteiger partial charge < -0.3 is 9.84 Å². The molecule has 0 saturated heterocycles. The van der Waals surface area contributed by atoms with Gasteiger partial charge in [0.05, 0.1) is 0 Å². The molecular formula is C19H22O2. The number of phenols is 1. The second-order valence-electron chi connectivity index (χ2n) is 6.16. The van der Waals surface area contributed by atoms with Crippen LogP contribution in [-0.2, 0) is 12.0 Å². The first-order valence-electron chi connectivity index (χ1n) is 7.08. The van der Waals surface area contributed by atoms with Crippen molar-refractivity contribution in [3.05, 3.63) is 65.7 Å². The lowest BCUT2D eigenvalue weighted by atomic mass is 9.86. The van der Waals surface area contributed by atoms with E-state index in [4.69, 9.17) is 4.74 Å². The Bertz CT molecular complexity index is 619. The van der Waals surface area contributed by atoms with Crippen molar-refractivity contribution in [3.8, 4) is 11.5 Å². The van der Waals surface area contributed by atoms with E-state index >= 15 is 0 Å². The van der Waals surface area contributed by atoms with Gasteiger partial charge in [-0.2, -0.15) is 0 Å². The zero-order valence-electron chi connectivity index (χ0n) is 12.9. The van der Waals surface area contributed by atoms with Gasteiger partial charge in [0.25, 0.3) is 0 Å². The molecule has 0 bridgehead atoms. The molecule has 0 saturated carbocycles. The van der Waals surface area contributed by atoms with Crippen molar-refractivity contribution in [1.82, 2.24) is 0 Å². The molecule has 0 heterocycles. The minimum atomic E-state index is -0.116. The maximum atomic E-state index is 9.95. The number of rotatable bonds is 4. The van der Waals surface area contributed by atoms with E-state index in [2.05, 4.69) is 27.4 Å². The topological polar surface area (TPSA) is 29.5 Å². The SMILES string of the molecule is C=Cc1ccc(COc2ccc(O)c(C(C)(C)C)c2)cc1. The fourth-order valence-corrected chi connectivity index (χ4v) is 2.12. The zero-order valence-corrected chi connectivity index (χ0v) is 12.9. The average molecular weight is 282 g/mol. The fraction of sp³-hybridized carbons (Fsp3) is 0.263. The minimum Gasteiger partial charge on any atom is -0.508 e. The van der Waals surface area contributed by atoms with E-state index in [-0.39, 0.29) is 5.41 Å². The van der Waals surface area contributed by atoms with Crippen molar-refractivity contribution >= 4 is 6.08 Å². The zero-order chi connectivity index (χ0) is 15.5. The summed E-state index contributed by atoms with van der Waals surface area (Å²) in [7, 11) is 0. The van der Waals surface area contributed by atoms with E-state index in [0.717, 1.165) is 22.4 Å². The highest BCUT2D eigenvalue weighted by Crippen LogP contribution is 2.33. The molecule has 21 heavy (non-hydrogen) atoms. The third-order valence-corrected chi connectivity index (χ3v) is 3.40. The van der Waals surface area contributed by atoms with Crippen molar-refractivity contribution < 1.29 is 9.84 Å². The third kappa shape index (κ3) is 3.88. The molecule has 0 aliphatic heterocycles. The number of ether oxygens (including phenoxy) is 1. The average Bonchev–Trinajstić information content (AvgIpc) is 2.45. The van der Waals surface area contributed by atoms with Crippen LogP contribution >= 0.6 is 0 Å². The Morgan fingerprint density at radius 2 is 1.76 bits per heavy atom. The van der Waals surface area contributed by atoms with Crippen LogP contribution in [0.2, 0.25) is 0 Å². The van der Waals surface area contributed by atoms with Gasteiger partial charge in [0.2, 0.25) is 0 Å². The van der Waals surface area contributed by atoms with Gasteiger partial charge in [-0.1, -0.05) is 57.7 Å². The summed E-state index contributed by atoms with van der Waals surface area (Å²) in [5.74, 6) is 1.08. The lowest BCUT2D eigenvalue weighted by molar-refractivity contribution is 0.304. The highest BCUT2D eigenvalue weighted by Gasteiger charge is 2.18. The molecule has 0 aliphatic rings. The summed E-state index contributed by atoms with van der Waals surface area (Å²) < 4.78 is 5.82. The van der Waals surface area contributed by atoms with Crippen LogP contribution in [0.15, 0.2) is 49.0 Å². The van der Waals surface area contributed by atoms with E-state index in [1.165, 1.54) is 0 Å². The highest BCUT2D eigenvalue weighted by atomic mass is 16.5. The van der Waals surface area contributed by atoms with Gasteiger partial charge in [0, 0.05) is 5.56 Å². The fourth-order valence-electron chi connectivity index (χ4n) is 2.12. The number of aromatic hydroxyl groups is 1. The first kappa shape index (κ1) is 15.2. The summed E-state index contributed by atoms with van der Waals surface area (Å²) in [5, 5.41) is 9.95. The summed E-state index contributed by atoms with van der Waals surface area (Å²) in [6.07, 6.45) is 1.82. The van der Waals surface area contributed by atoms with E-state index in [9.17, 15) is 5.11 Å². The molecule has 0 fully saturated rings. The van der Waals surface area contributed by atoms with E-state index in [0.29, 0.717) is 12.4 Å². The molecule has 2 aromatic rings. The molecule has 2 aromatic carbocycles. The summed E-state index contributed by atoms with van der Waals surface area (Å²) >= 11 is 0. The molecule has 2 heteroatoms. The minimum absolute atomic E-state index is 0.116. The second kappa shape index (κ2) is 6.04. The van der Waals surface area contributed by atoms with Crippen LogP contribution < -0.4 is 4.74 Å². The highest BCUT2D eigenvalue weighted by molar-refractivity contribution is 5.47. The van der Waals surface area contributed by atoms with Crippen LogP contribution in [0.3, 0.4) is 0 Å². The molecule has 1 N–H and O–H groups in total. The van der Waals surface area contributed by atoms with Crippen LogP contribution in [-0.4, -0.2) is 5.11 Å². The van der Waals surface area contributed by atoms with Crippen molar-refractivity contribution in [3.63, 3.8) is 0 Å². The molecule has 0 spiro atoms. The quantitative estimate of drug-likeness (QED) is 0.863. The van der Waals surface area contributed by atoms with Gasteiger partial charge in [-0.3, -0.25) is 0 Å². The predicted molar refractivity (Wildman–Crippen MR) is 87.7 cm³/mol. The Morgan fingerprint density at radius 3 is 2.33 bits per heavy atom. The number of benzene rings is 2. The first-order chi connectivity index (χ1) is 9.90. The van der Waals surface area contributed by atoms with Crippen LogP contribution in [0.5, 0.6) is 11.5 Å². The Morgan fingerprint density at radius 1 is 1.10 bits per heavy atom. The molecule has 0 atom stereocenters. The summed E-state index contributed by atoms with van der Waals surface area (Å²) in [4.78, 5) is 0. The van der Waals surface area contributed by atoms with Crippen molar-refractivity contribution in [2.24, 2.45) is 0 Å². The Balaban J connectivity index is 2.11. The number of hydrogen-bond donors (Lipinski definition) is 1. The molecule has 0 unspecified atom stereocenters. The Labute approximate surface area is 126 Å². The summed E-state index contributed by atoms with van der Waals surface area (Å²) in [6, 6.07) is 13.5. The normalized spacial score (nSPS) is 11.2. The smallest absolute Gasteiger partial charge is 0.120 e. The predicted octanol–water partition coefficient (Wildman–Crippen LogP) is 4.91. The monoisotopic (exact) mass is 282 g/mol. The van der Waals surface area contributed by atoms with Crippen LogP contribution in [0.4, 0.5) is 0 Å². The van der Waals surface area contributed by atoms with Crippen LogP contribution in [0.1, 0.15) is 37.5 Å². The van der Waals surface area contributed by atoms with Gasteiger partial charge in [-0.05, 0) is 34.7 Å². The van der Waals surface area contributed by atoms with Crippen LogP contribution in [0.25, 0.3) is 6.08 Å². The molecule has 0 radical (unpaired) electrons. The van der Waals surface area contributed by atoms with Gasteiger partial charge in [0.1, 0.15) is 18.1 Å². The second-order valence-corrected chi connectivity index (χ2v) is 6.16. The largest absolute Gasteiger partial charge is 0.508 e. The Hall–Kier alpha value is -2.22.